The number of ether oxygens (including phenoxy) is 1. The van der Waals surface area contributed by atoms with Crippen LogP contribution in [-0.2, 0) is 11.3 Å². The topological polar surface area (TPSA) is 46.6 Å². The average Bonchev–Trinajstić information content (AvgIpc) is 2.97. The van der Waals surface area contributed by atoms with E-state index in [0.717, 1.165) is 45.0 Å². The van der Waals surface area contributed by atoms with Crippen molar-refractivity contribution in [2.24, 2.45) is 0 Å². The van der Waals surface area contributed by atoms with Gasteiger partial charge in [0.2, 0.25) is 0 Å². The average molecular weight is 389 g/mol. The van der Waals surface area contributed by atoms with Gasteiger partial charge in [-0.3, -0.25) is 14.5 Å². The quantitative estimate of drug-likeness (QED) is 0.561. The molecule has 3 aromatic rings. The Morgan fingerprint density at radius 2 is 1.68 bits per heavy atom. The van der Waals surface area contributed by atoms with E-state index < -0.39 is 0 Å². The fourth-order valence-electron chi connectivity index (χ4n) is 3.25. The molecule has 1 aliphatic heterocycles. The van der Waals surface area contributed by atoms with Crippen molar-refractivity contribution < 1.29 is 14.3 Å². The smallest absolute Gasteiger partial charge is 0.293 e. The monoisotopic (exact) mass is 389 g/mol. The summed E-state index contributed by atoms with van der Waals surface area (Å²) >= 11 is 0.985. The molecule has 0 atom stereocenters. The minimum Gasteiger partial charge on any atom is -0.496 e. The van der Waals surface area contributed by atoms with Gasteiger partial charge in [-0.25, -0.2) is 0 Å². The summed E-state index contributed by atoms with van der Waals surface area (Å²) in [6, 6.07) is 19.5. The Balaban J connectivity index is 1.66. The fraction of sp³-hybridized carbons (Fsp3) is 0.130. The molecule has 140 valence electrons. The Labute approximate surface area is 167 Å². The van der Waals surface area contributed by atoms with Gasteiger partial charge in [0.15, 0.2) is 0 Å². The molecular weight excluding hydrogens is 370 g/mol. The van der Waals surface area contributed by atoms with Crippen molar-refractivity contribution in [3.8, 4) is 5.75 Å². The van der Waals surface area contributed by atoms with Crippen LogP contribution in [0.1, 0.15) is 16.7 Å². The Morgan fingerprint density at radius 1 is 0.964 bits per heavy atom. The summed E-state index contributed by atoms with van der Waals surface area (Å²) in [7, 11) is 1.64. The first-order valence-electron chi connectivity index (χ1n) is 8.93. The summed E-state index contributed by atoms with van der Waals surface area (Å²) in [6.07, 6.45) is 1.79. The standard InChI is InChI=1S/C23H19NO3S/c1-15-7-9-16(10-8-15)14-24-22(25)21(28-23(24)26)13-17-11-12-20(27-2)19-6-4-3-5-18(17)19/h3-13H,14H2,1-2H3/b21-13+. The zero-order chi connectivity index (χ0) is 19.7. The SMILES string of the molecule is COc1ccc(/C=C2/SC(=O)N(Cc3ccc(C)cc3)C2=O)c2ccccc12. The molecule has 4 rings (SSSR count). The third-order valence-electron chi connectivity index (χ3n) is 4.76. The molecule has 1 fully saturated rings. The predicted molar refractivity (Wildman–Crippen MR) is 113 cm³/mol. The van der Waals surface area contributed by atoms with E-state index >= 15 is 0 Å². The van der Waals surface area contributed by atoms with Gasteiger partial charge < -0.3 is 4.74 Å². The third kappa shape index (κ3) is 3.41. The van der Waals surface area contributed by atoms with Crippen LogP contribution in [0, 0.1) is 6.92 Å². The molecule has 2 amide bonds. The molecule has 0 aliphatic carbocycles. The number of benzene rings is 3. The van der Waals surface area contributed by atoms with Gasteiger partial charge in [-0.15, -0.1) is 0 Å². The van der Waals surface area contributed by atoms with Gasteiger partial charge in [0.25, 0.3) is 11.1 Å². The van der Waals surface area contributed by atoms with Crippen LogP contribution in [0.15, 0.2) is 65.6 Å². The first kappa shape index (κ1) is 18.3. The molecule has 0 spiro atoms. The Kier molecular flexibility index (Phi) is 4.92. The molecule has 0 radical (unpaired) electrons. The molecule has 5 heteroatoms. The molecule has 0 N–H and O–H groups in total. The number of carbonyl (C=O) groups excluding carboxylic acids is 2. The number of methoxy groups -OCH3 is 1. The normalized spacial score (nSPS) is 15.6. The first-order valence-corrected chi connectivity index (χ1v) is 9.75. The molecule has 4 nitrogen and oxygen atoms in total. The number of rotatable bonds is 4. The number of thioether (sulfide) groups is 1. The summed E-state index contributed by atoms with van der Waals surface area (Å²) < 4.78 is 5.43. The third-order valence-corrected chi connectivity index (χ3v) is 5.67. The van der Waals surface area contributed by atoms with E-state index in [1.807, 2.05) is 67.6 Å². The zero-order valence-electron chi connectivity index (χ0n) is 15.6. The first-order chi connectivity index (χ1) is 13.6. The van der Waals surface area contributed by atoms with E-state index in [1.54, 1.807) is 13.2 Å². The number of nitrogens with zero attached hydrogens (tertiary/aromatic N) is 1. The summed E-state index contributed by atoms with van der Waals surface area (Å²) in [6.45, 7) is 2.29. The maximum atomic E-state index is 12.8. The number of hydrogen-bond acceptors (Lipinski definition) is 4. The number of hydrogen-bond donors (Lipinski definition) is 0. The lowest BCUT2D eigenvalue weighted by atomic mass is 10.0. The van der Waals surface area contributed by atoms with Crippen LogP contribution in [0.25, 0.3) is 16.8 Å². The van der Waals surface area contributed by atoms with Crippen LogP contribution >= 0.6 is 11.8 Å². The minimum absolute atomic E-state index is 0.241. The van der Waals surface area contributed by atoms with E-state index in [-0.39, 0.29) is 17.7 Å². The Hall–Kier alpha value is -3.05. The van der Waals surface area contributed by atoms with Crippen LogP contribution in [-0.4, -0.2) is 23.2 Å². The van der Waals surface area contributed by atoms with Crippen molar-refractivity contribution in [2.45, 2.75) is 13.5 Å². The molecule has 0 bridgehead atoms. The fourth-order valence-corrected chi connectivity index (χ4v) is 4.08. The second-order valence-electron chi connectivity index (χ2n) is 6.66. The minimum atomic E-state index is -0.254. The highest BCUT2D eigenvalue weighted by atomic mass is 32.2. The lowest BCUT2D eigenvalue weighted by Gasteiger charge is -2.12. The Bertz CT molecular complexity index is 1100. The van der Waals surface area contributed by atoms with Gasteiger partial charge >= 0.3 is 0 Å². The molecule has 1 saturated heterocycles. The summed E-state index contributed by atoms with van der Waals surface area (Å²) in [5.41, 5.74) is 2.96. The van der Waals surface area contributed by atoms with Crippen LogP contribution in [0.2, 0.25) is 0 Å². The lowest BCUT2D eigenvalue weighted by Crippen LogP contribution is -2.27. The number of imide groups is 1. The second-order valence-corrected chi connectivity index (χ2v) is 7.65. The molecule has 28 heavy (non-hydrogen) atoms. The van der Waals surface area contributed by atoms with Crippen molar-refractivity contribution >= 4 is 39.8 Å². The molecule has 0 aromatic heterocycles. The van der Waals surface area contributed by atoms with Crippen molar-refractivity contribution in [3.63, 3.8) is 0 Å². The van der Waals surface area contributed by atoms with E-state index in [4.69, 9.17) is 4.74 Å². The molecule has 0 saturated carbocycles. The van der Waals surface area contributed by atoms with Crippen LogP contribution in [0.5, 0.6) is 5.75 Å². The number of aryl methyl sites for hydroxylation is 1. The van der Waals surface area contributed by atoms with E-state index in [0.29, 0.717) is 4.91 Å². The van der Waals surface area contributed by atoms with Gasteiger partial charge in [-0.1, -0.05) is 60.2 Å². The van der Waals surface area contributed by atoms with Gasteiger partial charge in [-0.2, -0.15) is 0 Å². The number of fused-ring (bicyclic) bond motifs is 1. The predicted octanol–water partition coefficient (Wildman–Crippen LogP) is 5.39. The highest BCUT2D eigenvalue weighted by molar-refractivity contribution is 8.18. The molecule has 3 aromatic carbocycles. The Morgan fingerprint density at radius 3 is 2.39 bits per heavy atom. The van der Waals surface area contributed by atoms with E-state index in [1.165, 1.54) is 4.90 Å². The summed E-state index contributed by atoms with van der Waals surface area (Å²) in [5.74, 6) is 0.524. The number of carbonyl (C=O) groups is 2. The van der Waals surface area contributed by atoms with Crippen LogP contribution in [0.3, 0.4) is 0 Å². The number of amides is 2. The van der Waals surface area contributed by atoms with Crippen molar-refractivity contribution in [1.29, 1.82) is 0 Å². The maximum absolute atomic E-state index is 12.8. The van der Waals surface area contributed by atoms with Gasteiger partial charge in [0.05, 0.1) is 18.6 Å². The van der Waals surface area contributed by atoms with Crippen molar-refractivity contribution in [1.82, 2.24) is 4.90 Å². The van der Waals surface area contributed by atoms with Crippen LogP contribution < -0.4 is 4.74 Å². The van der Waals surface area contributed by atoms with Crippen molar-refractivity contribution in [3.05, 3.63) is 82.3 Å². The summed E-state index contributed by atoms with van der Waals surface area (Å²) in [4.78, 5) is 27.0. The highest BCUT2D eigenvalue weighted by Gasteiger charge is 2.35. The molecule has 0 unspecified atom stereocenters. The largest absolute Gasteiger partial charge is 0.496 e. The molecule has 1 aliphatic rings. The van der Waals surface area contributed by atoms with Gasteiger partial charge in [-0.05, 0) is 47.3 Å². The van der Waals surface area contributed by atoms with Crippen LogP contribution in [0.4, 0.5) is 4.79 Å². The second kappa shape index (κ2) is 7.52. The van der Waals surface area contributed by atoms with Gasteiger partial charge in [0.1, 0.15) is 5.75 Å². The molecule has 1 heterocycles. The maximum Gasteiger partial charge on any atom is 0.293 e. The van der Waals surface area contributed by atoms with Crippen molar-refractivity contribution in [2.75, 3.05) is 7.11 Å². The van der Waals surface area contributed by atoms with E-state index in [2.05, 4.69) is 0 Å². The molecular formula is C23H19NO3S. The van der Waals surface area contributed by atoms with E-state index in [9.17, 15) is 9.59 Å². The summed E-state index contributed by atoms with van der Waals surface area (Å²) in [5, 5.41) is 1.71. The zero-order valence-corrected chi connectivity index (χ0v) is 16.5. The highest BCUT2D eigenvalue weighted by Crippen LogP contribution is 2.36. The van der Waals surface area contributed by atoms with Gasteiger partial charge in [0, 0.05) is 5.39 Å². The lowest BCUT2D eigenvalue weighted by molar-refractivity contribution is -0.123.